The maximum atomic E-state index is 4.40. The van der Waals surface area contributed by atoms with Gasteiger partial charge in [0.15, 0.2) is 0 Å². The van der Waals surface area contributed by atoms with Crippen molar-refractivity contribution in [2.45, 2.75) is 110 Å². The smallest absolute Gasteiger partial charge is 0.0371 e. The Morgan fingerprint density at radius 1 is 1.00 bits per heavy atom. The predicted octanol–water partition coefficient (Wildman–Crippen LogP) is 5.80. The van der Waals surface area contributed by atoms with Gasteiger partial charge in [-0.2, -0.15) is 5.53 Å². The molecule has 2 atom stereocenters. The molecule has 2 aliphatic rings. The molecule has 1 saturated heterocycles. The summed E-state index contributed by atoms with van der Waals surface area (Å²) in [6.07, 6.45) is 15.2. The quantitative estimate of drug-likeness (QED) is 0.184. The zero-order chi connectivity index (χ0) is 24.1. The van der Waals surface area contributed by atoms with Crippen molar-refractivity contribution in [2.75, 3.05) is 19.6 Å². The number of hydrogen-bond donors (Lipinski definition) is 4. The van der Waals surface area contributed by atoms with Crippen LogP contribution in [0.5, 0.6) is 0 Å². The second-order valence-corrected chi connectivity index (χ2v) is 10.8. The topological polar surface area (TPSA) is 51.4 Å². The Hall–Kier alpha value is -1.30. The minimum atomic E-state index is 0.493. The first-order chi connectivity index (χ1) is 15.9. The fourth-order valence-electron chi connectivity index (χ4n) is 4.95. The third kappa shape index (κ3) is 11.1. The third-order valence-electron chi connectivity index (χ3n) is 7.47. The molecule has 0 radical (unpaired) electrons. The lowest BCUT2D eigenvalue weighted by Gasteiger charge is -2.25. The minimum absolute atomic E-state index is 0.493. The number of rotatable bonds is 15. The van der Waals surface area contributed by atoms with E-state index in [0.29, 0.717) is 23.9 Å². The fourth-order valence-corrected chi connectivity index (χ4v) is 4.95. The van der Waals surface area contributed by atoms with Crippen LogP contribution in [0.3, 0.4) is 0 Å². The molecule has 1 aliphatic carbocycles. The lowest BCUT2D eigenvalue weighted by atomic mass is 9.88. The lowest BCUT2D eigenvalue weighted by molar-refractivity contribution is 0.183. The van der Waals surface area contributed by atoms with Gasteiger partial charge in [-0.1, -0.05) is 63.8 Å². The van der Waals surface area contributed by atoms with Gasteiger partial charge in [0.05, 0.1) is 0 Å². The van der Waals surface area contributed by atoms with E-state index >= 15 is 0 Å². The van der Waals surface area contributed by atoms with Gasteiger partial charge < -0.3 is 10.6 Å². The van der Waals surface area contributed by atoms with Crippen molar-refractivity contribution in [3.05, 3.63) is 36.7 Å². The van der Waals surface area contributed by atoms with Crippen LogP contribution in [0.4, 0.5) is 0 Å². The highest BCUT2D eigenvalue weighted by atomic mass is 15.7. The van der Waals surface area contributed by atoms with Crippen LogP contribution in [0.2, 0.25) is 0 Å². The molecular formula is C28H53N5. The molecule has 0 aromatic rings. The van der Waals surface area contributed by atoms with Gasteiger partial charge in [-0.25, -0.2) is 10.4 Å². The van der Waals surface area contributed by atoms with E-state index in [0.717, 1.165) is 38.2 Å². The summed E-state index contributed by atoms with van der Waals surface area (Å²) in [7, 11) is 0. The first-order valence-electron chi connectivity index (χ1n) is 13.6. The van der Waals surface area contributed by atoms with Crippen molar-refractivity contribution >= 4 is 0 Å². The highest BCUT2D eigenvalue weighted by Gasteiger charge is 2.23. The van der Waals surface area contributed by atoms with Crippen molar-refractivity contribution in [1.82, 2.24) is 26.6 Å². The summed E-state index contributed by atoms with van der Waals surface area (Å²) in [5.41, 5.74) is 10.4. The van der Waals surface area contributed by atoms with Crippen LogP contribution in [0.15, 0.2) is 36.7 Å². The molecule has 0 amide bonds. The van der Waals surface area contributed by atoms with Crippen LogP contribution in [0.25, 0.3) is 0 Å². The second-order valence-electron chi connectivity index (χ2n) is 10.8. The maximum absolute atomic E-state index is 4.40. The summed E-state index contributed by atoms with van der Waals surface area (Å²) >= 11 is 0. The number of hydrogen-bond acceptors (Lipinski definition) is 5. The molecular weight excluding hydrogens is 406 g/mol. The highest BCUT2D eigenvalue weighted by Crippen LogP contribution is 2.26. The van der Waals surface area contributed by atoms with Crippen LogP contribution in [-0.2, 0) is 0 Å². The van der Waals surface area contributed by atoms with Crippen molar-refractivity contribution in [3.63, 3.8) is 0 Å². The average molecular weight is 460 g/mol. The second kappa shape index (κ2) is 15.6. The van der Waals surface area contributed by atoms with Gasteiger partial charge in [-0.3, -0.25) is 0 Å². The Kier molecular flexibility index (Phi) is 13.2. The van der Waals surface area contributed by atoms with Gasteiger partial charge >= 0.3 is 0 Å². The number of unbranched alkanes of at least 4 members (excludes halogenated alkanes) is 1. The van der Waals surface area contributed by atoms with Gasteiger partial charge in [0.2, 0.25) is 0 Å². The molecule has 1 unspecified atom stereocenters. The molecule has 0 aromatic heterocycles. The maximum Gasteiger partial charge on any atom is 0.0371 e. The molecule has 2 fully saturated rings. The minimum Gasteiger partial charge on any atom is -0.389 e. The van der Waals surface area contributed by atoms with Crippen LogP contribution in [-0.4, -0.2) is 36.7 Å². The van der Waals surface area contributed by atoms with Crippen molar-refractivity contribution in [3.8, 4) is 0 Å². The van der Waals surface area contributed by atoms with Crippen molar-refractivity contribution < 1.29 is 0 Å². The Balaban J connectivity index is 1.56. The largest absolute Gasteiger partial charge is 0.389 e. The summed E-state index contributed by atoms with van der Waals surface area (Å²) in [6, 6.07) is 1.01. The first kappa shape index (κ1) is 27.9. The van der Waals surface area contributed by atoms with E-state index in [1.54, 1.807) is 0 Å². The Labute approximate surface area is 204 Å². The van der Waals surface area contributed by atoms with Crippen molar-refractivity contribution in [1.29, 1.82) is 0 Å². The SMILES string of the molecule is C=C(CCC1CN(C(C)C)NN1)NCCCC[C@H](CNC(=C)C1CCCCCCC1)C(=C)C. The molecule has 0 bridgehead atoms. The molecule has 190 valence electrons. The summed E-state index contributed by atoms with van der Waals surface area (Å²) < 4.78 is 0. The van der Waals surface area contributed by atoms with Gasteiger partial charge in [-0.15, -0.1) is 0 Å². The number of allylic oxidation sites excluding steroid dienone is 2. The van der Waals surface area contributed by atoms with Gasteiger partial charge in [0.25, 0.3) is 0 Å². The molecule has 33 heavy (non-hydrogen) atoms. The molecule has 1 saturated carbocycles. The summed E-state index contributed by atoms with van der Waals surface area (Å²) in [4.78, 5) is 0. The van der Waals surface area contributed by atoms with E-state index in [9.17, 15) is 0 Å². The third-order valence-corrected chi connectivity index (χ3v) is 7.47. The summed E-state index contributed by atoms with van der Waals surface area (Å²) in [5, 5.41) is 9.49. The van der Waals surface area contributed by atoms with Crippen LogP contribution in [0, 0.1) is 11.8 Å². The lowest BCUT2D eigenvalue weighted by Crippen LogP contribution is -2.40. The molecule has 1 heterocycles. The molecule has 2 rings (SSSR count). The summed E-state index contributed by atoms with van der Waals surface area (Å²) in [5.74, 6) is 1.19. The van der Waals surface area contributed by atoms with Crippen LogP contribution in [0.1, 0.15) is 97.8 Å². The van der Waals surface area contributed by atoms with Crippen LogP contribution >= 0.6 is 0 Å². The van der Waals surface area contributed by atoms with E-state index < -0.39 is 0 Å². The van der Waals surface area contributed by atoms with E-state index in [-0.39, 0.29) is 0 Å². The summed E-state index contributed by atoms with van der Waals surface area (Å²) in [6.45, 7) is 22.5. The molecule has 1 aliphatic heterocycles. The monoisotopic (exact) mass is 459 g/mol. The van der Waals surface area contributed by atoms with Gasteiger partial charge in [0.1, 0.15) is 0 Å². The van der Waals surface area contributed by atoms with E-state index in [4.69, 9.17) is 0 Å². The normalized spacial score (nSPS) is 21.4. The fraction of sp³-hybridized carbons (Fsp3) is 0.786. The zero-order valence-electron chi connectivity index (χ0n) is 22.0. The van der Waals surface area contributed by atoms with Crippen LogP contribution < -0.4 is 21.6 Å². The molecule has 0 spiro atoms. The first-order valence-corrected chi connectivity index (χ1v) is 13.6. The van der Waals surface area contributed by atoms with Crippen molar-refractivity contribution in [2.24, 2.45) is 11.8 Å². The number of hydrazine groups is 2. The average Bonchev–Trinajstić information content (AvgIpc) is 3.23. The molecule has 4 N–H and O–H groups in total. The number of nitrogens with zero attached hydrogens (tertiary/aromatic N) is 1. The molecule has 5 nitrogen and oxygen atoms in total. The molecule has 0 aromatic carbocycles. The Morgan fingerprint density at radius 2 is 1.70 bits per heavy atom. The Bertz CT molecular complexity index is 591. The number of nitrogens with one attached hydrogen (secondary N) is 4. The standard InChI is InChI=1S/C28H53N5/c1-22(2)27(20-30-25(6)26-14-10-8-7-9-11-15-26)16-12-13-19-29-24(5)17-18-28-21-33(23(3)4)32-31-28/h23,26-32H,1,5-21H2,2-4H3/t27-,28?/m1/s1. The van der Waals surface area contributed by atoms with E-state index in [1.165, 1.54) is 75.5 Å². The van der Waals surface area contributed by atoms with Gasteiger partial charge in [-0.05, 0) is 71.1 Å². The highest BCUT2D eigenvalue weighted by molar-refractivity contribution is 5.03. The molecule has 5 heteroatoms. The predicted molar refractivity (Wildman–Crippen MR) is 143 cm³/mol. The Morgan fingerprint density at radius 3 is 2.33 bits per heavy atom. The van der Waals surface area contributed by atoms with Gasteiger partial charge in [0, 0.05) is 43.1 Å². The van der Waals surface area contributed by atoms with E-state index in [1.807, 2.05) is 0 Å². The van der Waals surface area contributed by atoms with E-state index in [2.05, 4.69) is 67.1 Å². The zero-order valence-corrected chi connectivity index (χ0v) is 22.0.